The molecule has 1 N–H and O–H groups in total. The first-order valence-electron chi connectivity index (χ1n) is 12.6. The van der Waals surface area contributed by atoms with Gasteiger partial charge >= 0.3 is 0 Å². The highest BCUT2D eigenvalue weighted by atomic mass is 16.5. The number of rotatable bonds is 6. The molecular formula is C27H32N6O4. The van der Waals surface area contributed by atoms with E-state index >= 15 is 0 Å². The van der Waals surface area contributed by atoms with Crippen molar-refractivity contribution in [1.82, 2.24) is 25.3 Å². The molecule has 10 nitrogen and oxygen atoms in total. The lowest BCUT2D eigenvalue weighted by atomic mass is 10.0. The summed E-state index contributed by atoms with van der Waals surface area (Å²) in [4.78, 5) is 39.2. The summed E-state index contributed by atoms with van der Waals surface area (Å²) < 4.78 is 10.1. The van der Waals surface area contributed by atoms with Gasteiger partial charge in [0.05, 0.1) is 19.2 Å². The first-order chi connectivity index (χ1) is 17.8. The standard InChI is InChI=1S/C27H32N6O4/c1-16-13-24(29-17(2)28-16)33-11-9-20(10-12-33)32(3)27(35)19-6-5-18-7-8-22(21(18)14-19)30-26(34)23-15-25(36-4)31-37-23/h5-6,13-15,20,22H,7-12H2,1-4H3,(H,30,34)/t22-/m1/s1. The Morgan fingerprint density at radius 3 is 2.59 bits per heavy atom. The lowest BCUT2D eigenvalue weighted by molar-refractivity contribution is 0.0709. The molecule has 2 aromatic heterocycles. The highest BCUT2D eigenvalue weighted by Gasteiger charge is 2.30. The van der Waals surface area contributed by atoms with Gasteiger partial charge in [-0.2, -0.15) is 0 Å². The number of piperidine rings is 1. The van der Waals surface area contributed by atoms with Crippen molar-refractivity contribution in [3.63, 3.8) is 0 Å². The Hall–Kier alpha value is -3.95. The third-order valence-corrected chi connectivity index (χ3v) is 7.31. The molecule has 194 valence electrons. The van der Waals surface area contributed by atoms with Gasteiger partial charge in [-0.15, -0.1) is 0 Å². The molecule has 2 amide bonds. The second kappa shape index (κ2) is 10.2. The zero-order valence-electron chi connectivity index (χ0n) is 21.7. The van der Waals surface area contributed by atoms with E-state index in [-0.39, 0.29) is 35.5 Å². The van der Waals surface area contributed by atoms with E-state index in [9.17, 15) is 9.59 Å². The quantitative estimate of drug-likeness (QED) is 0.544. The largest absolute Gasteiger partial charge is 0.479 e. The Balaban J connectivity index is 1.23. The van der Waals surface area contributed by atoms with Gasteiger partial charge in [-0.3, -0.25) is 9.59 Å². The normalized spacial score (nSPS) is 17.4. The van der Waals surface area contributed by atoms with E-state index in [0.29, 0.717) is 5.56 Å². The minimum absolute atomic E-state index is 0.00748. The molecule has 3 heterocycles. The van der Waals surface area contributed by atoms with Gasteiger partial charge in [-0.1, -0.05) is 6.07 Å². The van der Waals surface area contributed by atoms with Crippen molar-refractivity contribution in [1.29, 1.82) is 0 Å². The smallest absolute Gasteiger partial charge is 0.290 e. The number of nitrogens with zero attached hydrogens (tertiary/aromatic N) is 5. The predicted molar refractivity (Wildman–Crippen MR) is 137 cm³/mol. The van der Waals surface area contributed by atoms with Crippen LogP contribution in [0, 0.1) is 13.8 Å². The van der Waals surface area contributed by atoms with Gasteiger partial charge in [-0.25, -0.2) is 9.97 Å². The highest BCUT2D eigenvalue weighted by Crippen LogP contribution is 2.33. The van der Waals surface area contributed by atoms with Gasteiger partial charge in [0.15, 0.2) is 0 Å². The average Bonchev–Trinajstić information content (AvgIpc) is 3.54. The molecule has 1 fully saturated rings. The minimum atomic E-state index is -0.358. The molecule has 1 aliphatic carbocycles. The van der Waals surface area contributed by atoms with E-state index < -0.39 is 0 Å². The summed E-state index contributed by atoms with van der Waals surface area (Å²) in [6.45, 7) is 5.56. The number of anilines is 1. The van der Waals surface area contributed by atoms with Crippen molar-refractivity contribution in [3.8, 4) is 5.88 Å². The SMILES string of the molecule is COc1cc(C(=O)N[C@@H]2CCc3ccc(C(=O)N(C)C4CCN(c5cc(C)nc(C)n5)CC4)cc32)on1. The molecule has 0 spiro atoms. The first-order valence-corrected chi connectivity index (χ1v) is 12.6. The zero-order chi connectivity index (χ0) is 26.1. The molecule has 0 saturated carbocycles. The molecule has 3 aromatic rings. The van der Waals surface area contributed by atoms with E-state index in [1.807, 2.05) is 50.1 Å². The van der Waals surface area contributed by atoms with Crippen molar-refractivity contribution in [2.45, 2.75) is 51.6 Å². The van der Waals surface area contributed by atoms with Crippen LogP contribution in [-0.2, 0) is 6.42 Å². The molecule has 0 unspecified atom stereocenters. The van der Waals surface area contributed by atoms with Crippen LogP contribution < -0.4 is 15.0 Å². The van der Waals surface area contributed by atoms with E-state index in [1.54, 1.807) is 0 Å². The molecule has 1 saturated heterocycles. The van der Waals surface area contributed by atoms with Crippen LogP contribution in [0.3, 0.4) is 0 Å². The van der Waals surface area contributed by atoms with E-state index in [0.717, 1.165) is 67.2 Å². The molecule has 1 atom stereocenters. The second-order valence-electron chi connectivity index (χ2n) is 9.76. The molecule has 0 radical (unpaired) electrons. The van der Waals surface area contributed by atoms with Crippen LogP contribution in [0.1, 0.15) is 68.9 Å². The maximum Gasteiger partial charge on any atom is 0.290 e. The fourth-order valence-electron chi connectivity index (χ4n) is 5.29. The van der Waals surface area contributed by atoms with Crippen LogP contribution in [0.2, 0.25) is 0 Å². The number of benzene rings is 1. The Morgan fingerprint density at radius 1 is 1.11 bits per heavy atom. The number of hydrogen-bond donors (Lipinski definition) is 1. The van der Waals surface area contributed by atoms with Gasteiger partial charge in [0.2, 0.25) is 5.76 Å². The monoisotopic (exact) mass is 504 g/mol. The fourth-order valence-corrected chi connectivity index (χ4v) is 5.29. The fraction of sp³-hybridized carbons (Fsp3) is 0.444. The summed E-state index contributed by atoms with van der Waals surface area (Å²) >= 11 is 0. The van der Waals surface area contributed by atoms with E-state index in [2.05, 4.69) is 25.3 Å². The summed E-state index contributed by atoms with van der Waals surface area (Å²) in [6.07, 6.45) is 3.34. The summed E-state index contributed by atoms with van der Waals surface area (Å²) in [5.41, 5.74) is 3.71. The topological polar surface area (TPSA) is 114 Å². The number of methoxy groups -OCH3 is 1. The predicted octanol–water partition coefficient (Wildman–Crippen LogP) is 3.25. The number of amides is 2. The molecule has 5 rings (SSSR count). The maximum atomic E-state index is 13.4. The molecular weight excluding hydrogens is 472 g/mol. The summed E-state index contributed by atoms with van der Waals surface area (Å²) in [5.74, 6) is 1.70. The highest BCUT2D eigenvalue weighted by molar-refractivity contribution is 5.95. The first kappa shape index (κ1) is 24.7. The van der Waals surface area contributed by atoms with Gasteiger partial charge < -0.3 is 24.4 Å². The average molecular weight is 505 g/mol. The van der Waals surface area contributed by atoms with E-state index in [4.69, 9.17) is 9.26 Å². The zero-order valence-corrected chi connectivity index (χ0v) is 21.7. The summed E-state index contributed by atoms with van der Waals surface area (Å²) in [7, 11) is 3.34. The second-order valence-corrected chi connectivity index (χ2v) is 9.76. The molecule has 2 aliphatic rings. The molecule has 10 heteroatoms. The summed E-state index contributed by atoms with van der Waals surface area (Å²) in [6, 6.07) is 9.25. The Morgan fingerprint density at radius 2 is 1.89 bits per heavy atom. The number of hydrogen-bond acceptors (Lipinski definition) is 8. The number of aromatic nitrogens is 3. The summed E-state index contributed by atoms with van der Waals surface area (Å²) in [5, 5.41) is 6.69. The minimum Gasteiger partial charge on any atom is -0.479 e. The third-order valence-electron chi connectivity index (χ3n) is 7.31. The van der Waals surface area contributed by atoms with Crippen molar-refractivity contribution >= 4 is 17.6 Å². The number of nitrogens with one attached hydrogen (secondary N) is 1. The number of fused-ring (bicyclic) bond motifs is 1. The molecule has 1 aromatic carbocycles. The number of carbonyl (C=O) groups excluding carboxylic acids is 2. The van der Waals surface area contributed by atoms with Gasteiger partial charge in [-0.05, 0) is 67.9 Å². The number of aryl methyl sites for hydroxylation is 3. The van der Waals surface area contributed by atoms with Crippen LogP contribution in [0.5, 0.6) is 5.88 Å². The third kappa shape index (κ3) is 5.14. The van der Waals surface area contributed by atoms with Crippen molar-refractivity contribution in [2.24, 2.45) is 0 Å². The lowest BCUT2D eigenvalue weighted by Crippen LogP contribution is -2.46. The van der Waals surface area contributed by atoms with Crippen molar-refractivity contribution < 1.29 is 18.8 Å². The molecule has 37 heavy (non-hydrogen) atoms. The van der Waals surface area contributed by atoms with Gasteiger partial charge in [0.1, 0.15) is 11.6 Å². The molecule has 1 aliphatic heterocycles. The van der Waals surface area contributed by atoms with Crippen LogP contribution >= 0.6 is 0 Å². The van der Waals surface area contributed by atoms with Crippen molar-refractivity contribution in [3.05, 3.63) is 64.3 Å². The lowest BCUT2D eigenvalue weighted by Gasteiger charge is -2.37. The van der Waals surface area contributed by atoms with Crippen LogP contribution in [0.4, 0.5) is 5.82 Å². The Bertz CT molecular complexity index is 1290. The van der Waals surface area contributed by atoms with Crippen LogP contribution in [-0.4, -0.2) is 65.1 Å². The van der Waals surface area contributed by atoms with Crippen LogP contribution in [0.25, 0.3) is 0 Å². The Kier molecular flexibility index (Phi) is 6.82. The number of ether oxygens (including phenoxy) is 1. The molecule has 0 bridgehead atoms. The van der Waals surface area contributed by atoms with Gasteiger partial charge in [0, 0.05) is 43.5 Å². The van der Waals surface area contributed by atoms with Gasteiger partial charge in [0.25, 0.3) is 17.7 Å². The van der Waals surface area contributed by atoms with Crippen molar-refractivity contribution in [2.75, 3.05) is 32.1 Å². The maximum absolute atomic E-state index is 13.4. The Labute approximate surface area is 216 Å². The van der Waals surface area contributed by atoms with E-state index in [1.165, 1.54) is 13.2 Å². The van der Waals surface area contributed by atoms with Crippen LogP contribution in [0.15, 0.2) is 34.9 Å². The number of carbonyl (C=O) groups is 2.